The van der Waals surface area contributed by atoms with Crippen LogP contribution in [0.1, 0.15) is 26.3 Å². The molecule has 0 atom stereocenters. The minimum absolute atomic E-state index is 0.0705. The van der Waals surface area contributed by atoms with Crippen LogP contribution in [0.4, 0.5) is 5.69 Å². The number of carbonyl (C=O) groups excluding carboxylic acids is 3. The number of rotatable bonds is 4. The van der Waals surface area contributed by atoms with Crippen molar-refractivity contribution in [2.24, 2.45) is 0 Å². The minimum atomic E-state index is -0.648. The van der Waals surface area contributed by atoms with Gasteiger partial charge in [0.25, 0.3) is 5.91 Å². The molecule has 8 heteroatoms. The Kier molecular flexibility index (Phi) is 5.65. The molecule has 0 saturated heterocycles. The highest BCUT2D eigenvalue weighted by Gasteiger charge is 2.19. The standard InChI is InChI=1S/C20H16ClNO6/c1-26-19(24)12-6-13(20(25)27-2)9-16(8-12)22-18(23)14-5-11-7-15(21)3-4-17(11)28-10-14/h3-9H,10H2,1-2H3,(H,22,23). The maximum Gasteiger partial charge on any atom is 0.337 e. The third kappa shape index (κ3) is 4.15. The smallest absolute Gasteiger partial charge is 0.337 e. The Hall–Kier alpha value is -3.32. The third-order valence-corrected chi connectivity index (χ3v) is 4.24. The van der Waals surface area contributed by atoms with Crippen molar-refractivity contribution in [2.45, 2.75) is 0 Å². The van der Waals surface area contributed by atoms with Gasteiger partial charge in [0.2, 0.25) is 0 Å². The Morgan fingerprint density at radius 1 is 1.00 bits per heavy atom. The van der Waals surface area contributed by atoms with Crippen LogP contribution in [-0.2, 0) is 14.3 Å². The predicted octanol–water partition coefficient (Wildman–Crippen LogP) is 3.33. The Labute approximate surface area is 165 Å². The van der Waals surface area contributed by atoms with Crippen LogP contribution in [0.5, 0.6) is 5.75 Å². The number of esters is 2. The average Bonchev–Trinajstić information content (AvgIpc) is 2.71. The molecule has 28 heavy (non-hydrogen) atoms. The van der Waals surface area contributed by atoms with Crippen LogP contribution in [-0.4, -0.2) is 38.7 Å². The van der Waals surface area contributed by atoms with Crippen LogP contribution < -0.4 is 10.1 Å². The molecule has 3 rings (SSSR count). The maximum atomic E-state index is 12.6. The maximum absolute atomic E-state index is 12.6. The summed E-state index contributed by atoms with van der Waals surface area (Å²) in [7, 11) is 2.44. The molecule has 0 bridgehead atoms. The normalized spacial score (nSPS) is 12.2. The minimum Gasteiger partial charge on any atom is -0.488 e. The lowest BCUT2D eigenvalue weighted by Crippen LogP contribution is -2.21. The highest BCUT2D eigenvalue weighted by atomic mass is 35.5. The number of benzene rings is 2. The van der Waals surface area contributed by atoms with E-state index in [0.29, 0.717) is 21.9 Å². The van der Waals surface area contributed by atoms with E-state index in [2.05, 4.69) is 14.8 Å². The second-order valence-corrected chi connectivity index (χ2v) is 6.31. The molecule has 1 heterocycles. The van der Waals surface area contributed by atoms with Crippen molar-refractivity contribution in [1.82, 2.24) is 0 Å². The number of fused-ring (bicyclic) bond motifs is 1. The summed E-state index contributed by atoms with van der Waals surface area (Å²) in [5, 5.41) is 3.18. The summed E-state index contributed by atoms with van der Waals surface area (Å²) in [5.41, 5.74) is 1.49. The molecule has 0 aromatic heterocycles. The van der Waals surface area contributed by atoms with E-state index in [9.17, 15) is 14.4 Å². The Bertz CT molecular complexity index is 964. The fraction of sp³-hybridized carbons (Fsp3) is 0.150. The molecule has 7 nitrogen and oxygen atoms in total. The first-order valence-corrected chi connectivity index (χ1v) is 8.55. The first-order valence-electron chi connectivity index (χ1n) is 8.17. The Morgan fingerprint density at radius 2 is 1.64 bits per heavy atom. The van der Waals surface area contributed by atoms with Gasteiger partial charge in [0, 0.05) is 16.3 Å². The number of hydrogen-bond donors (Lipinski definition) is 1. The van der Waals surface area contributed by atoms with Gasteiger partial charge in [-0.2, -0.15) is 0 Å². The molecule has 0 unspecified atom stereocenters. The van der Waals surface area contributed by atoms with Crippen molar-refractivity contribution < 1.29 is 28.6 Å². The quantitative estimate of drug-likeness (QED) is 0.790. The second-order valence-electron chi connectivity index (χ2n) is 5.88. The first-order chi connectivity index (χ1) is 13.4. The van der Waals surface area contributed by atoms with E-state index in [0.717, 1.165) is 0 Å². The summed E-state index contributed by atoms with van der Waals surface area (Å²) in [5.74, 6) is -1.11. The molecular weight excluding hydrogens is 386 g/mol. The molecular formula is C20H16ClNO6. The zero-order chi connectivity index (χ0) is 20.3. The van der Waals surface area contributed by atoms with E-state index in [4.69, 9.17) is 16.3 Å². The molecule has 2 aromatic carbocycles. The zero-order valence-corrected chi connectivity index (χ0v) is 15.8. The van der Waals surface area contributed by atoms with Crippen molar-refractivity contribution in [1.29, 1.82) is 0 Å². The third-order valence-electron chi connectivity index (χ3n) is 4.01. The largest absolute Gasteiger partial charge is 0.488 e. The van der Waals surface area contributed by atoms with Gasteiger partial charge >= 0.3 is 11.9 Å². The summed E-state index contributed by atoms with van der Waals surface area (Å²) in [4.78, 5) is 36.3. The Morgan fingerprint density at radius 3 is 2.25 bits per heavy atom. The second kappa shape index (κ2) is 8.14. The first kappa shape index (κ1) is 19.4. The molecule has 0 aliphatic carbocycles. The fourth-order valence-corrected chi connectivity index (χ4v) is 2.84. The molecule has 0 spiro atoms. The van der Waals surface area contributed by atoms with E-state index >= 15 is 0 Å². The average molecular weight is 402 g/mol. The van der Waals surface area contributed by atoms with Crippen molar-refractivity contribution >= 4 is 41.2 Å². The van der Waals surface area contributed by atoms with Gasteiger partial charge in [-0.25, -0.2) is 9.59 Å². The summed E-state index contributed by atoms with van der Waals surface area (Å²) in [6.45, 7) is 0.0705. The van der Waals surface area contributed by atoms with Crippen molar-refractivity contribution in [3.63, 3.8) is 0 Å². The van der Waals surface area contributed by atoms with Gasteiger partial charge in [-0.05, 0) is 42.5 Å². The monoisotopic (exact) mass is 401 g/mol. The van der Waals surface area contributed by atoms with Crippen LogP contribution in [0.15, 0.2) is 42.0 Å². The van der Waals surface area contributed by atoms with Gasteiger partial charge in [0.05, 0.1) is 30.9 Å². The van der Waals surface area contributed by atoms with Crippen LogP contribution in [0.3, 0.4) is 0 Å². The van der Waals surface area contributed by atoms with Crippen molar-refractivity contribution in [2.75, 3.05) is 26.1 Å². The summed E-state index contributed by atoms with van der Waals surface area (Å²) < 4.78 is 14.9. The van der Waals surface area contributed by atoms with Crippen LogP contribution in [0, 0.1) is 0 Å². The number of hydrogen-bond acceptors (Lipinski definition) is 6. The van der Waals surface area contributed by atoms with Gasteiger partial charge in [-0.1, -0.05) is 11.6 Å². The summed E-state index contributed by atoms with van der Waals surface area (Å²) in [6.07, 6.45) is 1.67. The molecule has 1 amide bonds. The molecule has 1 aliphatic heterocycles. The SMILES string of the molecule is COC(=O)c1cc(NC(=O)C2=Cc3cc(Cl)ccc3OC2)cc(C(=O)OC)c1. The molecule has 0 saturated carbocycles. The lowest BCUT2D eigenvalue weighted by Gasteiger charge is -2.18. The molecule has 2 aromatic rings. The van der Waals surface area contributed by atoms with Gasteiger partial charge in [0.1, 0.15) is 12.4 Å². The van der Waals surface area contributed by atoms with Crippen LogP contribution in [0.25, 0.3) is 6.08 Å². The van der Waals surface area contributed by atoms with E-state index in [-0.39, 0.29) is 23.4 Å². The highest BCUT2D eigenvalue weighted by Crippen LogP contribution is 2.29. The summed E-state index contributed by atoms with van der Waals surface area (Å²) in [6, 6.07) is 9.26. The topological polar surface area (TPSA) is 90.9 Å². The highest BCUT2D eigenvalue weighted by molar-refractivity contribution is 6.30. The van der Waals surface area contributed by atoms with Gasteiger partial charge in [-0.3, -0.25) is 4.79 Å². The molecule has 144 valence electrons. The number of anilines is 1. The number of methoxy groups -OCH3 is 2. The lowest BCUT2D eigenvalue weighted by atomic mass is 10.1. The molecule has 1 N–H and O–H groups in total. The van der Waals surface area contributed by atoms with Gasteiger partial charge < -0.3 is 19.5 Å². The van der Waals surface area contributed by atoms with E-state index in [1.807, 2.05) is 0 Å². The zero-order valence-electron chi connectivity index (χ0n) is 15.1. The van der Waals surface area contributed by atoms with E-state index < -0.39 is 17.8 Å². The number of amides is 1. The summed E-state index contributed by atoms with van der Waals surface area (Å²) >= 11 is 5.98. The van der Waals surface area contributed by atoms with E-state index in [1.165, 1.54) is 32.4 Å². The van der Waals surface area contributed by atoms with Crippen LogP contribution in [0.2, 0.25) is 5.02 Å². The Balaban J connectivity index is 1.89. The molecule has 0 radical (unpaired) electrons. The van der Waals surface area contributed by atoms with Gasteiger partial charge in [0.15, 0.2) is 0 Å². The number of nitrogens with one attached hydrogen (secondary N) is 1. The van der Waals surface area contributed by atoms with Gasteiger partial charge in [-0.15, -0.1) is 0 Å². The van der Waals surface area contributed by atoms with E-state index in [1.54, 1.807) is 24.3 Å². The lowest BCUT2D eigenvalue weighted by molar-refractivity contribution is -0.113. The predicted molar refractivity (Wildman–Crippen MR) is 103 cm³/mol. The molecule has 0 fully saturated rings. The fourth-order valence-electron chi connectivity index (χ4n) is 2.66. The van der Waals surface area contributed by atoms with Crippen LogP contribution >= 0.6 is 11.6 Å². The molecule has 1 aliphatic rings. The number of ether oxygens (including phenoxy) is 3. The van der Waals surface area contributed by atoms with Crippen molar-refractivity contribution in [3.8, 4) is 5.75 Å². The number of halogens is 1. The van der Waals surface area contributed by atoms with Crippen molar-refractivity contribution in [3.05, 3.63) is 63.7 Å². The number of carbonyl (C=O) groups is 3.